The van der Waals surface area contributed by atoms with Crippen LogP contribution in [0, 0.1) is 15.9 Å². The minimum Gasteiger partial charge on any atom is -0.373 e. The summed E-state index contributed by atoms with van der Waals surface area (Å²) in [5, 5.41) is 13.6. The maximum absolute atomic E-state index is 13.8. The Kier molecular flexibility index (Phi) is 5.89. The van der Waals surface area contributed by atoms with Gasteiger partial charge < -0.3 is 10.2 Å². The zero-order valence-electron chi connectivity index (χ0n) is 15.6. The molecule has 11 heteroatoms. The predicted octanol–water partition coefficient (Wildman–Crippen LogP) is 5.31. The zero-order chi connectivity index (χ0) is 22.2. The fraction of sp³-hybridized carbons (Fsp3) is 0.316. The van der Waals surface area contributed by atoms with E-state index in [1.54, 1.807) is 0 Å². The Hall–Kier alpha value is -2.88. The van der Waals surface area contributed by atoms with Gasteiger partial charge in [-0.15, -0.1) is 0 Å². The number of hydrogen-bond donors (Lipinski definition) is 1. The number of nitro benzene ring substituents is 1. The van der Waals surface area contributed by atoms with Gasteiger partial charge in [-0.1, -0.05) is 17.7 Å². The molecule has 1 aliphatic rings. The zero-order valence-corrected chi connectivity index (χ0v) is 16.4. The van der Waals surface area contributed by atoms with Crippen molar-refractivity contribution in [2.45, 2.75) is 32.1 Å². The van der Waals surface area contributed by atoms with Crippen molar-refractivity contribution in [2.24, 2.45) is 0 Å². The third-order valence-electron chi connectivity index (χ3n) is 4.89. The van der Waals surface area contributed by atoms with Crippen LogP contribution in [0.1, 0.15) is 36.1 Å². The molecule has 1 atom stereocenters. The monoisotopic (exact) mass is 445 g/mol. The average molecular weight is 446 g/mol. The third-order valence-corrected chi connectivity index (χ3v) is 5.20. The van der Waals surface area contributed by atoms with Crippen LogP contribution in [0.4, 0.5) is 28.9 Å². The number of hydrogen-bond acceptors (Lipinski definition) is 4. The summed E-state index contributed by atoms with van der Waals surface area (Å²) in [6.45, 7) is 1.79. The fourth-order valence-electron chi connectivity index (χ4n) is 3.43. The number of amides is 1. The molecule has 30 heavy (non-hydrogen) atoms. The highest BCUT2D eigenvalue weighted by Crippen LogP contribution is 2.42. The molecule has 1 aliphatic heterocycles. The molecule has 0 bridgehead atoms. The first kappa shape index (κ1) is 21.8. The van der Waals surface area contributed by atoms with Gasteiger partial charge in [-0.3, -0.25) is 14.9 Å². The largest absolute Gasteiger partial charge is 0.418 e. The van der Waals surface area contributed by atoms with Gasteiger partial charge in [0, 0.05) is 26.1 Å². The molecule has 0 radical (unpaired) electrons. The van der Waals surface area contributed by atoms with Crippen LogP contribution in [0.15, 0.2) is 30.3 Å². The summed E-state index contributed by atoms with van der Waals surface area (Å²) in [6.07, 6.45) is -4.55. The number of benzene rings is 2. The lowest BCUT2D eigenvalue weighted by Crippen LogP contribution is -2.28. The molecule has 0 saturated heterocycles. The Morgan fingerprint density at radius 1 is 1.30 bits per heavy atom. The topological polar surface area (TPSA) is 75.5 Å². The first-order valence-electron chi connectivity index (χ1n) is 8.83. The van der Waals surface area contributed by atoms with E-state index in [2.05, 4.69) is 5.32 Å². The van der Waals surface area contributed by atoms with Crippen LogP contribution in [0.25, 0.3) is 0 Å². The van der Waals surface area contributed by atoms with E-state index in [1.807, 2.05) is 0 Å². The lowest BCUT2D eigenvalue weighted by Gasteiger charge is -2.21. The molecule has 2 aromatic rings. The number of halogens is 5. The molecule has 1 unspecified atom stereocenters. The van der Waals surface area contributed by atoms with Gasteiger partial charge in [0.2, 0.25) is 5.91 Å². The number of fused-ring (bicyclic) bond motifs is 1. The molecular formula is C19H16ClF4N3O3. The number of carbonyl (C=O) groups excluding carboxylic acids is 1. The van der Waals surface area contributed by atoms with E-state index in [0.29, 0.717) is 23.6 Å². The van der Waals surface area contributed by atoms with Crippen molar-refractivity contribution in [3.8, 4) is 0 Å². The molecular weight excluding hydrogens is 430 g/mol. The van der Waals surface area contributed by atoms with Crippen LogP contribution in [0.3, 0.4) is 0 Å². The van der Waals surface area contributed by atoms with Gasteiger partial charge in [0.25, 0.3) is 5.69 Å². The van der Waals surface area contributed by atoms with Crippen LogP contribution >= 0.6 is 11.6 Å². The van der Waals surface area contributed by atoms with Gasteiger partial charge in [-0.2, -0.15) is 13.2 Å². The van der Waals surface area contributed by atoms with Gasteiger partial charge in [0.1, 0.15) is 11.5 Å². The Bertz CT molecular complexity index is 1010. The van der Waals surface area contributed by atoms with Crippen LogP contribution < -0.4 is 5.32 Å². The lowest BCUT2D eigenvalue weighted by atomic mass is 9.98. The van der Waals surface area contributed by atoms with Crippen molar-refractivity contribution in [3.63, 3.8) is 0 Å². The highest BCUT2D eigenvalue weighted by atomic mass is 35.5. The average Bonchev–Trinajstić information content (AvgIpc) is 2.79. The van der Waals surface area contributed by atoms with Crippen molar-refractivity contribution in [1.29, 1.82) is 0 Å². The summed E-state index contributed by atoms with van der Waals surface area (Å²) < 4.78 is 53.0. The normalized spacial score (nSPS) is 16.6. The van der Waals surface area contributed by atoms with E-state index in [-0.39, 0.29) is 24.7 Å². The van der Waals surface area contributed by atoms with Gasteiger partial charge in [0.15, 0.2) is 0 Å². The van der Waals surface area contributed by atoms with Crippen molar-refractivity contribution in [2.75, 3.05) is 11.9 Å². The smallest absolute Gasteiger partial charge is 0.373 e. The SMILES string of the molecule is CC(=O)N1CCC(Nc2cc(Cl)c(C(F)(F)F)cc2[N+](=O)[O-])c2ccc(F)cc2C1. The Balaban J connectivity index is 2.04. The summed E-state index contributed by atoms with van der Waals surface area (Å²) in [7, 11) is 0. The van der Waals surface area contributed by atoms with E-state index in [1.165, 1.54) is 30.0 Å². The minimum atomic E-state index is -4.85. The van der Waals surface area contributed by atoms with Crippen molar-refractivity contribution in [1.82, 2.24) is 4.90 Å². The van der Waals surface area contributed by atoms with Crippen LogP contribution in [0.2, 0.25) is 5.02 Å². The maximum atomic E-state index is 13.8. The first-order chi connectivity index (χ1) is 14.0. The van der Waals surface area contributed by atoms with Crippen LogP contribution in [-0.4, -0.2) is 22.3 Å². The molecule has 160 valence electrons. The number of nitro groups is 1. The van der Waals surface area contributed by atoms with Gasteiger partial charge >= 0.3 is 6.18 Å². The number of alkyl halides is 3. The van der Waals surface area contributed by atoms with E-state index in [4.69, 9.17) is 11.6 Å². The standard InChI is InChI=1S/C19H16ClF4N3O3/c1-10(28)26-5-4-16(13-3-2-12(21)6-11(13)9-26)25-17-8-15(20)14(19(22,23)24)7-18(17)27(29)30/h2-3,6-8,16,25H,4-5,9H2,1H3. The molecule has 0 aliphatic carbocycles. The lowest BCUT2D eigenvalue weighted by molar-refractivity contribution is -0.384. The summed E-state index contributed by atoms with van der Waals surface area (Å²) >= 11 is 5.74. The molecule has 1 N–H and O–H groups in total. The number of nitrogens with zero attached hydrogens (tertiary/aromatic N) is 2. The second-order valence-corrected chi connectivity index (χ2v) is 7.28. The van der Waals surface area contributed by atoms with Gasteiger partial charge in [-0.25, -0.2) is 4.39 Å². The molecule has 0 aromatic heterocycles. The molecule has 0 saturated carbocycles. The maximum Gasteiger partial charge on any atom is 0.418 e. The van der Waals surface area contributed by atoms with Gasteiger partial charge in [-0.05, 0) is 35.7 Å². The molecule has 6 nitrogen and oxygen atoms in total. The summed E-state index contributed by atoms with van der Waals surface area (Å²) in [5.41, 5.74) is -1.21. The van der Waals surface area contributed by atoms with Crippen LogP contribution in [0.5, 0.6) is 0 Å². The van der Waals surface area contributed by atoms with E-state index >= 15 is 0 Å². The predicted molar refractivity (Wildman–Crippen MR) is 102 cm³/mol. The Morgan fingerprint density at radius 2 is 2.00 bits per heavy atom. The molecule has 1 heterocycles. The van der Waals surface area contributed by atoms with Crippen molar-refractivity contribution in [3.05, 3.63) is 68.0 Å². The molecule has 1 amide bonds. The number of rotatable bonds is 3. The van der Waals surface area contributed by atoms with E-state index in [9.17, 15) is 32.5 Å². The first-order valence-corrected chi connectivity index (χ1v) is 9.20. The quantitative estimate of drug-likeness (QED) is 0.394. The number of anilines is 1. The molecule has 3 rings (SSSR count). The summed E-state index contributed by atoms with van der Waals surface area (Å²) in [5.74, 6) is -0.740. The summed E-state index contributed by atoms with van der Waals surface area (Å²) in [4.78, 5) is 23.8. The third kappa shape index (κ3) is 4.48. The Morgan fingerprint density at radius 3 is 2.60 bits per heavy atom. The highest BCUT2D eigenvalue weighted by Gasteiger charge is 2.36. The fourth-order valence-corrected chi connectivity index (χ4v) is 3.70. The van der Waals surface area contributed by atoms with E-state index < -0.39 is 39.2 Å². The molecule has 0 fully saturated rings. The van der Waals surface area contributed by atoms with Crippen molar-refractivity contribution >= 4 is 28.9 Å². The van der Waals surface area contributed by atoms with Crippen LogP contribution in [-0.2, 0) is 17.5 Å². The Labute approximate surface area is 173 Å². The number of carbonyl (C=O) groups is 1. The van der Waals surface area contributed by atoms with Gasteiger partial charge in [0.05, 0.1) is 21.6 Å². The summed E-state index contributed by atoms with van der Waals surface area (Å²) in [6, 6.07) is 4.60. The second-order valence-electron chi connectivity index (χ2n) is 6.87. The second kappa shape index (κ2) is 8.10. The highest BCUT2D eigenvalue weighted by molar-refractivity contribution is 6.31. The minimum absolute atomic E-state index is 0.149. The van der Waals surface area contributed by atoms with E-state index in [0.717, 1.165) is 6.07 Å². The molecule has 2 aromatic carbocycles. The van der Waals surface area contributed by atoms with Crippen molar-refractivity contribution < 1.29 is 27.3 Å². The number of nitrogens with one attached hydrogen (secondary N) is 1. The molecule has 0 spiro atoms.